The molecular weight excluding hydrogens is 405 g/mol. The molecule has 5 nitrogen and oxygen atoms in total. The highest BCUT2D eigenvalue weighted by Gasteiger charge is 2.31. The van der Waals surface area contributed by atoms with Gasteiger partial charge >= 0.3 is 6.18 Å². The van der Waals surface area contributed by atoms with Crippen molar-refractivity contribution in [1.82, 2.24) is 0 Å². The molecule has 146 valence electrons. The highest BCUT2D eigenvalue weighted by Crippen LogP contribution is 2.33. The van der Waals surface area contributed by atoms with Crippen LogP contribution < -0.4 is 9.62 Å². The van der Waals surface area contributed by atoms with Crippen LogP contribution in [0.2, 0.25) is 5.02 Å². The van der Waals surface area contributed by atoms with E-state index in [-0.39, 0.29) is 16.4 Å². The van der Waals surface area contributed by atoms with Gasteiger partial charge in [-0.15, -0.1) is 0 Å². The molecule has 0 aromatic heterocycles. The number of hydrogen-bond acceptors (Lipinski definition) is 3. The Balaban J connectivity index is 2.27. The summed E-state index contributed by atoms with van der Waals surface area (Å²) >= 11 is 5.84. The van der Waals surface area contributed by atoms with E-state index >= 15 is 0 Å². The van der Waals surface area contributed by atoms with E-state index in [0.29, 0.717) is 6.07 Å². The average Bonchev–Trinajstić information content (AvgIpc) is 2.52. The summed E-state index contributed by atoms with van der Waals surface area (Å²) in [6, 6.07) is 8.96. The number of hydrogen-bond donors (Lipinski definition) is 1. The first-order valence-corrected chi connectivity index (χ1v) is 9.81. The van der Waals surface area contributed by atoms with Crippen LogP contribution in [0, 0.1) is 6.92 Å². The maximum Gasteiger partial charge on any atom is 0.416 e. The molecule has 10 heteroatoms. The summed E-state index contributed by atoms with van der Waals surface area (Å²) < 4.78 is 63.4. The zero-order chi connectivity index (χ0) is 20.4. The number of sulfonamides is 1. The van der Waals surface area contributed by atoms with Gasteiger partial charge in [0.05, 0.1) is 28.2 Å². The monoisotopic (exact) mass is 420 g/mol. The number of nitrogens with one attached hydrogen (secondary N) is 1. The van der Waals surface area contributed by atoms with Crippen molar-refractivity contribution in [3.8, 4) is 0 Å². The van der Waals surface area contributed by atoms with E-state index in [1.807, 2.05) is 0 Å². The van der Waals surface area contributed by atoms with Gasteiger partial charge in [-0.1, -0.05) is 23.7 Å². The number of nitrogens with zero attached hydrogens (tertiary/aromatic N) is 1. The maximum absolute atomic E-state index is 12.8. The molecule has 0 bridgehead atoms. The molecular formula is C17H16ClF3N2O3S. The van der Waals surface area contributed by atoms with Crippen LogP contribution in [-0.2, 0) is 21.0 Å². The summed E-state index contributed by atoms with van der Waals surface area (Å²) in [4.78, 5) is 12.3. The number of anilines is 2. The molecule has 27 heavy (non-hydrogen) atoms. The first kappa shape index (κ1) is 21.0. The van der Waals surface area contributed by atoms with Crippen LogP contribution >= 0.6 is 11.6 Å². The summed E-state index contributed by atoms with van der Waals surface area (Å²) in [6.45, 7) is 1.14. The Morgan fingerprint density at radius 2 is 1.85 bits per heavy atom. The van der Waals surface area contributed by atoms with Gasteiger partial charge in [0.15, 0.2) is 0 Å². The molecule has 1 N–H and O–H groups in total. The molecule has 0 radical (unpaired) electrons. The fourth-order valence-electron chi connectivity index (χ4n) is 2.30. The molecule has 2 rings (SSSR count). The molecule has 1 amide bonds. The summed E-state index contributed by atoms with van der Waals surface area (Å²) in [5, 5.41) is 2.13. The minimum atomic E-state index is -4.61. The third-order valence-electron chi connectivity index (χ3n) is 3.54. The van der Waals surface area contributed by atoms with Gasteiger partial charge < -0.3 is 5.32 Å². The predicted molar refractivity (Wildman–Crippen MR) is 98.5 cm³/mol. The maximum atomic E-state index is 12.8. The molecule has 0 aliphatic rings. The molecule has 2 aromatic rings. The number of aryl methyl sites for hydroxylation is 1. The highest BCUT2D eigenvalue weighted by atomic mass is 35.5. The van der Waals surface area contributed by atoms with Crippen molar-refractivity contribution in [1.29, 1.82) is 0 Å². The molecule has 0 fully saturated rings. The first-order valence-electron chi connectivity index (χ1n) is 7.59. The number of carbonyl (C=O) groups excluding carboxylic acids is 1. The van der Waals surface area contributed by atoms with Gasteiger partial charge in [-0.2, -0.15) is 13.2 Å². The van der Waals surface area contributed by atoms with Gasteiger partial charge in [0, 0.05) is 0 Å². The van der Waals surface area contributed by atoms with Gasteiger partial charge in [0.25, 0.3) is 0 Å². The Kier molecular flexibility index (Phi) is 6.06. The van der Waals surface area contributed by atoms with Crippen LogP contribution in [0.1, 0.15) is 11.1 Å². The molecule has 0 unspecified atom stereocenters. The van der Waals surface area contributed by atoms with E-state index in [0.717, 1.165) is 28.3 Å². The van der Waals surface area contributed by atoms with E-state index in [2.05, 4.69) is 5.32 Å². The highest BCUT2D eigenvalue weighted by molar-refractivity contribution is 7.92. The van der Waals surface area contributed by atoms with E-state index in [4.69, 9.17) is 11.6 Å². The topological polar surface area (TPSA) is 66.5 Å². The van der Waals surface area contributed by atoms with Crippen LogP contribution in [0.3, 0.4) is 0 Å². The summed E-state index contributed by atoms with van der Waals surface area (Å²) in [5.74, 6) is -0.830. The quantitative estimate of drug-likeness (QED) is 0.792. The van der Waals surface area contributed by atoms with E-state index < -0.39 is 34.2 Å². The molecule has 0 heterocycles. The van der Waals surface area contributed by atoms with Crippen molar-refractivity contribution < 1.29 is 26.4 Å². The molecule has 0 saturated carbocycles. The van der Waals surface area contributed by atoms with Gasteiger partial charge in [-0.05, 0) is 42.8 Å². The lowest BCUT2D eigenvalue weighted by Crippen LogP contribution is -2.37. The molecule has 2 aromatic carbocycles. The molecule has 0 atom stereocenters. The summed E-state index contributed by atoms with van der Waals surface area (Å²) in [7, 11) is -3.80. The second-order valence-corrected chi connectivity index (χ2v) is 8.16. The van der Waals surface area contributed by atoms with Gasteiger partial charge in [-0.25, -0.2) is 8.42 Å². The standard InChI is InChI=1S/C17H16ClF3N2O3S/c1-11-4-3-5-13(8-11)23(27(2,25)26)10-16(24)22-15-9-12(17(19,20)21)6-7-14(15)18/h3-9H,10H2,1-2H3,(H,22,24). The van der Waals surface area contributed by atoms with E-state index in [1.54, 1.807) is 25.1 Å². The fraction of sp³-hybridized carbons (Fsp3) is 0.235. The Hall–Kier alpha value is -2.26. The SMILES string of the molecule is Cc1cccc(N(CC(=O)Nc2cc(C(F)(F)F)ccc2Cl)S(C)(=O)=O)c1. The molecule has 0 saturated heterocycles. The summed E-state index contributed by atoms with van der Waals surface area (Å²) in [6.07, 6.45) is -3.68. The lowest BCUT2D eigenvalue weighted by molar-refractivity contribution is -0.137. The number of benzene rings is 2. The Bertz CT molecular complexity index is 962. The second-order valence-electron chi connectivity index (χ2n) is 5.85. The zero-order valence-corrected chi connectivity index (χ0v) is 15.9. The molecule has 0 aliphatic heterocycles. The second kappa shape index (κ2) is 7.77. The Labute approximate surface area is 159 Å². The van der Waals surface area contributed by atoms with Crippen molar-refractivity contribution >= 4 is 38.9 Å². The third-order valence-corrected chi connectivity index (χ3v) is 5.02. The van der Waals surface area contributed by atoms with Crippen LogP contribution in [0.5, 0.6) is 0 Å². The van der Waals surface area contributed by atoms with E-state index in [1.165, 1.54) is 6.07 Å². The van der Waals surface area contributed by atoms with Crippen LogP contribution in [-0.4, -0.2) is 27.1 Å². The van der Waals surface area contributed by atoms with Crippen LogP contribution in [0.4, 0.5) is 24.5 Å². The van der Waals surface area contributed by atoms with Crippen molar-refractivity contribution in [2.24, 2.45) is 0 Å². The minimum Gasteiger partial charge on any atom is -0.323 e. The lowest BCUT2D eigenvalue weighted by atomic mass is 10.2. The summed E-state index contributed by atoms with van der Waals surface area (Å²) in [5.41, 5.74) is -0.194. The minimum absolute atomic E-state index is 0.0992. The normalized spacial score (nSPS) is 11.9. The van der Waals surface area contributed by atoms with Crippen LogP contribution in [0.15, 0.2) is 42.5 Å². The van der Waals surface area contributed by atoms with Gasteiger partial charge in [-0.3, -0.25) is 9.10 Å². The van der Waals surface area contributed by atoms with Crippen molar-refractivity contribution in [3.05, 3.63) is 58.6 Å². The van der Waals surface area contributed by atoms with E-state index in [9.17, 15) is 26.4 Å². The Morgan fingerprint density at radius 1 is 1.19 bits per heavy atom. The number of alkyl halides is 3. The first-order chi connectivity index (χ1) is 12.4. The number of carbonyl (C=O) groups is 1. The van der Waals surface area contributed by atoms with Gasteiger partial charge in [0.2, 0.25) is 15.9 Å². The number of amides is 1. The Morgan fingerprint density at radius 3 is 2.41 bits per heavy atom. The third kappa shape index (κ3) is 5.61. The zero-order valence-electron chi connectivity index (χ0n) is 14.3. The van der Waals surface area contributed by atoms with Crippen molar-refractivity contribution in [2.75, 3.05) is 22.4 Å². The number of halogens is 4. The largest absolute Gasteiger partial charge is 0.416 e. The molecule has 0 aliphatic carbocycles. The van der Waals surface area contributed by atoms with Crippen LogP contribution in [0.25, 0.3) is 0 Å². The smallest absolute Gasteiger partial charge is 0.323 e. The predicted octanol–water partition coefficient (Wildman–Crippen LogP) is 4.07. The number of rotatable bonds is 5. The average molecular weight is 421 g/mol. The lowest BCUT2D eigenvalue weighted by Gasteiger charge is -2.22. The van der Waals surface area contributed by atoms with Crippen molar-refractivity contribution in [3.63, 3.8) is 0 Å². The fourth-order valence-corrected chi connectivity index (χ4v) is 3.31. The molecule has 0 spiro atoms. The van der Waals surface area contributed by atoms with Crippen molar-refractivity contribution in [2.45, 2.75) is 13.1 Å². The van der Waals surface area contributed by atoms with Gasteiger partial charge in [0.1, 0.15) is 6.54 Å².